The molecule has 2 aromatic rings. The van der Waals surface area contributed by atoms with Crippen molar-refractivity contribution in [1.82, 2.24) is 10.3 Å². The maximum atomic E-state index is 6.15. The van der Waals surface area contributed by atoms with Gasteiger partial charge in [0.25, 0.3) is 0 Å². The Morgan fingerprint density at radius 1 is 1.20 bits per heavy atom. The van der Waals surface area contributed by atoms with Crippen LogP contribution < -0.4 is 5.32 Å². The number of nitrogens with one attached hydrogen (secondary N) is 1. The summed E-state index contributed by atoms with van der Waals surface area (Å²) in [6.07, 6.45) is 4.36. The molecule has 1 aromatic carbocycles. The number of pyridine rings is 1. The van der Waals surface area contributed by atoms with Gasteiger partial charge in [0.05, 0.1) is 5.02 Å². The summed E-state index contributed by atoms with van der Waals surface area (Å²) in [5.41, 5.74) is 1.12. The lowest BCUT2D eigenvalue weighted by Gasteiger charge is -2.16. The molecule has 0 spiro atoms. The smallest absolute Gasteiger partial charge is 0.0621 e. The van der Waals surface area contributed by atoms with Crippen LogP contribution in [0.5, 0.6) is 0 Å². The van der Waals surface area contributed by atoms with Crippen molar-refractivity contribution >= 4 is 35.0 Å². The number of nitrogens with zero attached hydrogens (tertiary/aromatic N) is 1. The SMILES string of the molecule is CNC(CSc1ccc(Cl)cc1)Cc1ccncc1Cl. The number of aromatic nitrogens is 1. The minimum absolute atomic E-state index is 0.357. The van der Waals surface area contributed by atoms with Gasteiger partial charge in [0.2, 0.25) is 0 Å². The highest BCUT2D eigenvalue weighted by Gasteiger charge is 2.10. The molecule has 20 heavy (non-hydrogen) atoms. The van der Waals surface area contributed by atoms with Crippen LogP contribution in [0.4, 0.5) is 0 Å². The first kappa shape index (κ1) is 15.6. The molecule has 2 nitrogen and oxygen atoms in total. The van der Waals surface area contributed by atoms with E-state index in [-0.39, 0.29) is 0 Å². The number of hydrogen-bond acceptors (Lipinski definition) is 3. The van der Waals surface area contributed by atoms with Gasteiger partial charge in [-0.05, 0) is 49.4 Å². The van der Waals surface area contributed by atoms with Crippen molar-refractivity contribution < 1.29 is 0 Å². The summed E-state index contributed by atoms with van der Waals surface area (Å²) in [7, 11) is 1.97. The molecule has 0 aliphatic carbocycles. The molecule has 0 bridgehead atoms. The summed E-state index contributed by atoms with van der Waals surface area (Å²) in [6.45, 7) is 0. The van der Waals surface area contributed by atoms with Crippen molar-refractivity contribution in [2.75, 3.05) is 12.8 Å². The summed E-state index contributed by atoms with van der Waals surface area (Å²) in [4.78, 5) is 5.23. The van der Waals surface area contributed by atoms with Crippen molar-refractivity contribution in [3.63, 3.8) is 0 Å². The van der Waals surface area contributed by atoms with Gasteiger partial charge >= 0.3 is 0 Å². The summed E-state index contributed by atoms with van der Waals surface area (Å²) < 4.78 is 0. The number of benzene rings is 1. The Labute approximate surface area is 133 Å². The monoisotopic (exact) mass is 326 g/mol. The van der Waals surface area contributed by atoms with Crippen molar-refractivity contribution in [3.05, 3.63) is 58.3 Å². The average Bonchev–Trinajstić information content (AvgIpc) is 2.47. The average molecular weight is 327 g/mol. The van der Waals surface area contributed by atoms with E-state index in [1.165, 1.54) is 4.90 Å². The number of hydrogen-bond donors (Lipinski definition) is 1. The zero-order valence-electron chi connectivity index (χ0n) is 11.1. The highest BCUT2D eigenvalue weighted by atomic mass is 35.5. The molecular weight excluding hydrogens is 311 g/mol. The fraction of sp³-hybridized carbons (Fsp3) is 0.267. The van der Waals surface area contributed by atoms with Crippen molar-refractivity contribution in [2.24, 2.45) is 0 Å². The third kappa shape index (κ3) is 4.67. The van der Waals surface area contributed by atoms with Gasteiger partial charge in [-0.1, -0.05) is 23.2 Å². The Morgan fingerprint density at radius 3 is 2.60 bits per heavy atom. The molecule has 0 aliphatic heterocycles. The van der Waals surface area contributed by atoms with Gasteiger partial charge in [0.15, 0.2) is 0 Å². The minimum Gasteiger partial charge on any atom is -0.316 e. The maximum Gasteiger partial charge on any atom is 0.0621 e. The predicted molar refractivity (Wildman–Crippen MR) is 88.0 cm³/mol. The van der Waals surface area contributed by atoms with E-state index >= 15 is 0 Å². The molecule has 5 heteroatoms. The topological polar surface area (TPSA) is 24.9 Å². The van der Waals surface area contributed by atoms with Crippen molar-refractivity contribution in [2.45, 2.75) is 17.4 Å². The lowest BCUT2D eigenvalue weighted by Crippen LogP contribution is -2.30. The van der Waals surface area contributed by atoms with Gasteiger partial charge in [-0.25, -0.2) is 0 Å². The van der Waals surface area contributed by atoms with E-state index in [0.717, 1.165) is 27.8 Å². The van der Waals surface area contributed by atoms with Crippen molar-refractivity contribution in [1.29, 1.82) is 0 Å². The molecule has 1 unspecified atom stereocenters. The Hall–Kier alpha value is -0.740. The summed E-state index contributed by atoms with van der Waals surface area (Å²) in [5, 5.41) is 4.83. The maximum absolute atomic E-state index is 6.15. The van der Waals surface area contributed by atoms with Crippen LogP contribution in [-0.4, -0.2) is 23.8 Å². The summed E-state index contributed by atoms with van der Waals surface area (Å²) >= 11 is 13.8. The van der Waals surface area contributed by atoms with E-state index in [1.807, 2.05) is 49.1 Å². The third-order valence-electron chi connectivity index (χ3n) is 3.00. The molecule has 0 radical (unpaired) electrons. The van der Waals surface area contributed by atoms with E-state index in [1.54, 1.807) is 12.4 Å². The number of likely N-dealkylation sites (N-methyl/N-ethyl adjacent to an activating group) is 1. The molecule has 1 atom stereocenters. The van der Waals surface area contributed by atoms with Gasteiger partial charge in [0, 0.05) is 34.1 Å². The Bertz CT molecular complexity index is 546. The second-order valence-electron chi connectivity index (χ2n) is 4.42. The van der Waals surface area contributed by atoms with E-state index in [9.17, 15) is 0 Å². The van der Waals surface area contributed by atoms with Gasteiger partial charge in [0.1, 0.15) is 0 Å². The van der Waals surface area contributed by atoms with Gasteiger partial charge < -0.3 is 5.32 Å². The van der Waals surface area contributed by atoms with Crippen molar-refractivity contribution in [3.8, 4) is 0 Å². The second kappa shape index (κ2) is 7.89. The Balaban J connectivity index is 1.92. The first-order valence-electron chi connectivity index (χ1n) is 6.33. The van der Waals surface area contributed by atoms with E-state index in [0.29, 0.717) is 6.04 Å². The lowest BCUT2D eigenvalue weighted by molar-refractivity contribution is 0.617. The van der Waals surface area contributed by atoms with Gasteiger partial charge in [-0.3, -0.25) is 4.98 Å². The number of halogens is 2. The van der Waals surface area contributed by atoms with Crippen LogP contribution in [0, 0.1) is 0 Å². The third-order valence-corrected chi connectivity index (χ3v) is 4.76. The predicted octanol–water partition coefficient (Wildman–Crippen LogP) is 4.31. The molecule has 0 saturated carbocycles. The van der Waals surface area contributed by atoms with Gasteiger partial charge in [-0.15, -0.1) is 11.8 Å². The molecule has 2 rings (SSSR count). The molecule has 0 aliphatic rings. The van der Waals surface area contributed by atoms with Crippen LogP contribution in [0.3, 0.4) is 0 Å². The zero-order valence-corrected chi connectivity index (χ0v) is 13.5. The molecule has 1 aromatic heterocycles. The van der Waals surface area contributed by atoms with E-state index in [2.05, 4.69) is 10.3 Å². The normalized spacial score (nSPS) is 12.3. The highest BCUT2D eigenvalue weighted by Crippen LogP contribution is 2.23. The number of rotatable bonds is 6. The molecule has 0 fully saturated rings. The fourth-order valence-electron chi connectivity index (χ4n) is 1.81. The molecule has 0 saturated heterocycles. The minimum atomic E-state index is 0.357. The van der Waals surface area contributed by atoms with Crippen LogP contribution in [0.2, 0.25) is 10.0 Å². The first-order valence-corrected chi connectivity index (χ1v) is 8.07. The van der Waals surface area contributed by atoms with Crippen LogP contribution >= 0.6 is 35.0 Å². The van der Waals surface area contributed by atoms with Gasteiger partial charge in [-0.2, -0.15) is 0 Å². The summed E-state index contributed by atoms with van der Waals surface area (Å²) in [6, 6.07) is 10.2. The lowest BCUT2D eigenvalue weighted by atomic mass is 10.1. The second-order valence-corrected chi connectivity index (χ2v) is 6.36. The zero-order chi connectivity index (χ0) is 14.4. The standard InChI is InChI=1S/C15H16Cl2N2S/c1-18-13(8-11-6-7-19-9-15(11)17)10-20-14-4-2-12(16)3-5-14/h2-7,9,13,18H,8,10H2,1H3. The Kier molecular flexibility index (Phi) is 6.17. The van der Waals surface area contributed by atoms with Crippen LogP contribution in [0.15, 0.2) is 47.6 Å². The first-order chi connectivity index (χ1) is 9.69. The molecule has 1 heterocycles. The summed E-state index contributed by atoms with van der Waals surface area (Å²) in [5.74, 6) is 0.969. The van der Waals surface area contributed by atoms with Crippen LogP contribution in [0.1, 0.15) is 5.56 Å². The largest absolute Gasteiger partial charge is 0.316 e. The molecular formula is C15H16Cl2N2S. The molecule has 0 amide bonds. The van der Waals surface area contributed by atoms with Crippen LogP contribution in [0.25, 0.3) is 0 Å². The molecule has 106 valence electrons. The molecule has 1 N–H and O–H groups in total. The quantitative estimate of drug-likeness (QED) is 0.800. The highest BCUT2D eigenvalue weighted by molar-refractivity contribution is 7.99. The number of thioether (sulfide) groups is 1. The fourth-order valence-corrected chi connectivity index (χ4v) is 3.14. The van der Waals surface area contributed by atoms with E-state index in [4.69, 9.17) is 23.2 Å². The van der Waals surface area contributed by atoms with Crippen LogP contribution in [-0.2, 0) is 6.42 Å². The Morgan fingerprint density at radius 2 is 1.95 bits per heavy atom. The van der Waals surface area contributed by atoms with E-state index < -0.39 is 0 Å².